The summed E-state index contributed by atoms with van der Waals surface area (Å²) in [5.41, 5.74) is 9.83. The molecule has 2 aromatic heterocycles. The van der Waals surface area contributed by atoms with Crippen molar-refractivity contribution in [3.8, 4) is 0 Å². The number of nitrogens with zero attached hydrogens (tertiary/aromatic N) is 5. The number of oxime groups is 1. The number of aryl methyl sites for hydroxylation is 1. The number of β-lactam (4-membered cyclic amide) rings is 1. The van der Waals surface area contributed by atoms with Gasteiger partial charge in [-0.05, 0) is 28.7 Å². The first-order valence-electron chi connectivity index (χ1n) is 12.2. The summed E-state index contributed by atoms with van der Waals surface area (Å²) in [5, 5.41) is 29.5. The van der Waals surface area contributed by atoms with E-state index in [0.29, 0.717) is 23.0 Å². The number of carboxylic acid groups (broad SMARTS) is 2. The minimum absolute atomic E-state index is 0.0442. The lowest BCUT2D eigenvalue weighted by Crippen LogP contribution is -2.71. The lowest BCUT2D eigenvalue weighted by Gasteiger charge is -2.50. The van der Waals surface area contributed by atoms with E-state index in [1.54, 1.807) is 23.9 Å². The van der Waals surface area contributed by atoms with E-state index < -0.39 is 40.8 Å². The van der Waals surface area contributed by atoms with Crippen LogP contribution >= 0.6 is 34.9 Å². The highest BCUT2D eigenvalue weighted by Crippen LogP contribution is 2.41. The van der Waals surface area contributed by atoms with Crippen molar-refractivity contribution < 1.29 is 38.8 Å². The van der Waals surface area contributed by atoms with Gasteiger partial charge in [-0.3, -0.25) is 14.5 Å². The van der Waals surface area contributed by atoms with Gasteiger partial charge >= 0.3 is 11.1 Å². The molecule has 0 bridgehead atoms. The van der Waals surface area contributed by atoms with E-state index >= 15 is 0 Å². The monoisotopic (exact) mass is 620 g/mol. The first kappa shape index (κ1) is 28.6. The number of aliphatic carboxylic acids is 2. The van der Waals surface area contributed by atoms with E-state index in [1.165, 1.54) is 28.9 Å². The first-order chi connectivity index (χ1) is 19.5. The summed E-state index contributed by atoms with van der Waals surface area (Å²) >= 11 is 3.58. The van der Waals surface area contributed by atoms with Crippen LogP contribution in [0.1, 0.15) is 25.0 Å². The number of hydrogen-bond donors (Lipinski definition) is 4. The summed E-state index contributed by atoms with van der Waals surface area (Å²) < 4.78 is 1.74. The Labute approximate surface area is 245 Å². The second-order valence-corrected chi connectivity index (χ2v) is 12.3. The van der Waals surface area contributed by atoms with Gasteiger partial charge in [-0.2, -0.15) is 0 Å². The van der Waals surface area contributed by atoms with Crippen molar-refractivity contribution in [1.29, 1.82) is 0 Å². The molecule has 0 spiro atoms. The Morgan fingerprint density at radius 2 is 2.12 bits per heavy atom. The van der Waals surface area contributed by atoms with E-state index in [9.17, 15) is 29.4 Å². The predicted molar refractivity (Wildman–Crippen MR) is 146 cm³/mol. The first-order valence-corrected chi connectivity index (χ1v) is 15.1. The topological polar surface area (TPSA) is 230 Å². The van der Waals surface area contributed by atoms with Crippen LogP contribution in [0.3, 0.4) is 0 Å². The summed E-state index contributed by atoms with van der Waals surface area (Å²) in [7, 11) is 1.77. The van der Waals surface area contributed by atoms with E-state index in [2.05, 4.69) is 20.4 Å². The smallest absolute Gasteiger partial charge is 0.361 e. The molecule has 2 aliphatic heterocycles. The number of rotatable bonds is 10. The van der Waals surface area contributed by atoms with Crippen molar-refractivity contribution >= 4 is 75.3 Å². The highest BCUT2D eigenvalue weighted by atomic mass is 32.2. The molecule has 15 nitrogen and oxygen atoms in total. The number of amides is 2. The van der Waals surface area contributed by atoms with Crippen LogP contribution in [-0.4, -0.2) is 78.0 Å². The van der Waals surface area contributed by atoms with Crippen LogP contribution in [0.4, 0.5) is 10.9 Å². The Bertz CT molecular complexity index is 1510. The molecule has 41 heavy (non-hydrogen) atoms. The number of fused-ring (bicyclic) bond motifs is 1. The number of nitrogens with one attached hydrogen (secondary N) is 1. The summed E-state index contributed by atoms with van der Waals surface area (Å²) in [6.45, 7) is 0. The van der Waals surface area contributed by atoms with Crippen molar-refractivity contribution in [1.82, 2.24) is 20.2 Å². The van der Waals surface area contributed by atoms with Crippen LogP contribution in [0.2, 0.25) is 0 Å². The number of hydrogen-bond acceptors (Lipinski definition) is 14. The summed E-state index contributed by atoms with van der Waals surface area (Å²) in [5.74, 6) is -3.42. The number of nitrogen functional groups attached to an aromatic ring is 2. The number of aromatic nitrogens is 3. The van der Waals surface area contributed by atoms with Crippen LogP contribution in [0.15, 0.2) is 39.2 Å². The van der Waals surface area contributed by atoms with Gasteiger partial charge in [-0.1, -0.05) is 5.16 Å². The van der Waals surface area contributed by atoms with Gasteiger partial charge < -0.3 is 36.6 Å². The molecule has 4 heterocycles. The molecule has 5 rings (SSSR count). The van der Waals surface area contributed by atoms with Crippen LogP contribution in [-0.2, 0) is 31.1 Å². The maximum Gasteiger partial charge on any atom is 0.361 e. The Hall–Kier alpha value is -3.90. The summed E-state index contributed by atoms with van der Waals surface area (Å²) in [4.78, 5) is 64.9. The zero-order chi connectivity index (χ0) is 29.5. The summed E-state index contributed by atoms with van der Waals surface area (Å²) in [6.07, 6.45) is 2.80. The van der Waals surface area contributed by atoms with Crippen molar-refractivity contribution in [2.24, 2.45) is 12.2 Å². The molecule has 1 saturated heterocycles. The fourth-order valence-electron chi connectivity index (χ4n) is 4.33. The third-order valence-electron chi connectivity index (χ3n) is 6.74. The van der Waals surface area contributed by atoms with E-state index in [0.717, 1.165) is 16.2 Å². The largest absolute Gasteiger partial charge is 0.543 e. The van der Waals surface area contributed by atoms with Crippen molar-refractivity contribution in [3.63, 3.8) is 0 Å². The fourth-order valence-corrected chi connectivity index (χ4v) is 7.33. The van der Waals surface area contributed by atoms with E-state index in [-0.39, 0.29) is 46.6 Å². The molecule has 2 atom stereocenters. The molecule has 2 aromatic rings. The highest BCUT2D eigenvalue weighted by Gasteiger charge is 2.53. The predicted octanol–water partition coefficient (Wildman–Crippen LogP) is -1.55. The third kappa shape index (κ3) is 5.41. The standard InChI is InChI=1S/C23H24N8O7S3/c1-30-6-3-12(24)27-22(30)41-8-10-7-39-18-14(17(33)31(18)15(10)19(34)35)28-16(32)13(11-9-40-21(25)26-11)29-38-23(20(36)37)4-2-5-23/h3,6,9,14,18,24H,2,4-5,7-8H2,1H3,(H5,25,26,28,32,34,35,36,37)/b29-13-/t14?,18-/m1/s1. The normalized spacial score (nSPS) is 21.4. The molecular weight excluding hydrogens is 597 g/mol. The average Bonchev–Trinajstić information content (AvgIpc) is 3.33. The lowest BCUT2D eigenvalue weighted by molar-refractivity contribution is -0.713. The van der Waals surface area contributed by atoms with Gasteiger partial charge in [0.25, 0.3) is 11.8 Å². The minimum atomic E-state index is -1.55. The number of thiazole rings is 1. The molecule has 3 aliphatic rings. The summed E-state index contributed by atoms with van der Waals surface area (Å²) in [6, 6.07) is 0.551. The molecule has 6 N–H and O–H groups in total. The Morgan fingerprint density at radius 3 is 2.73 bits per heavy atom. The molecular formula is C23H24N8O7S3. The van der Waals surface area contributed by atoms with Gasteiger partial charge in [-0.25, -0.2) is 14.3 Å². The quantitative estimate of drug-likeness (QED) is 0.0589. The second-order valence-electron chi connectivity index (χ2n) is 9.39. The second kappa shape index (κ2) is 11.2. The van der Waals surface area contributed by atoms with Gasteiger partial charge in [0, 0.05) is 35.8 Å². The zero-order valence-corrected chi connectivity index (χ0v) is 23.9. The van der Waals surface area contributed by atoms with Gasteiger partial charge in [0.2, 0.25) is 11.4 Å². The Balaban J connectivity index is 1.33. The SMILES string of the molecule is C[n+]1ccc(N)nc1SCC1=C(C(=O)[O-])N2C(=O)C(NC(=O)/C(=N\OC3(C(=O)O)CCC3)c3csc(N)n3)[C@H]2SC1. The lowest BCUT2D eigenvalue weighted by atomic mass is 9.80. The molecule has 2 fully saturated rings. The molecule has 216 valence electrons. The molecule has 1 aliphatic carbocycles. The van der Waals surface area contributed by atoms with Crippen LogP contribution in [0, 0.1) is 0 Å². The van der Waals surface area contributed by atoms with E-state index in [4.69, 9.17) is 16.3 Å². The van der Waals surface area contributed by atoms with Crippen LogP contribution in [0.5, 0.6) is 0 Å². The number of thioether (sulfide) groups is 2. The molecule has 0 radical (unpaired) electrons. The van der Waals surface area contributed by atoms with Crippen molar-refractivity contribution in [2.45, 2.75) is 41.4 Å². The number of carbonyl (C=O) groups is 4. The van der Waals surface area contributed by atoms with Gasteiger partial charge in [0.15, 0.2) is 10.8 Å². The fraction of sp³-hybridized carbons (Fsp3) is 0.391. The maximum absolute atomic E-state index is 13.3. The highest BCUT2D eigenvalue weighted by molar-refractivity contribution is 8.01. The molecule has 2 amide bonds. The Morgan fingerprint density at radius 1 is 1.37 bits per heavy atom. The van der Waals surface area contributed by atoms with Gasteiger partial charge in [0.1, 0.15) is 17.1 Å². The van der Waals surface area contributed by atoms with Crippen LogP contribution < -0.4 is 26.5 Å². The zero-order valence-electron chi connectivity index (χ0n) is 21.4. The third-order valence-corrected chi connectivity index (χ3v) is 9.88. The number of nitrogens with two attached hydrogens (primary N) is 2. The molecule has 1 unspecified atom stereocenters. The van der Waals surface area contributed by atoms with Crippen molar-refractivity contribution in [2.75, 3.05) is 23.0 Å². The maximum atomic E-state index is 13.3. The number of carboxylic acids is 2. The Kier molecular flexibility index (Phi) is 7.80. The average molecular weight is 621 g/mol. The van der Waals surface area contributed by atoms with Gasteiger partial charge in [0.05, 0.1) is 24.9 Å². The van der Waals surface area contributed by atoms with Crippen LogP contribution in [0.25, 0.3) is 0 Å². The molecule has 1 saturated carbocycles. The number of carbonyl (C=O) groups excluding carboxylic acids is 3. The number of anilines is 2. The van der Waals surface area contributed by atoms with E-state index in [1.807, 2.05) is 0 Å². The minimum Gasteiger partial charge on any atom is -0.543 e. The van der Waals surface area contributed by atoms with Gasteiger partial charge in [-0.15, -0.1) is 23.1 Å². The molecule has 0 aromatic carbocycles. The van der Waals surface area contributed by atoms with Crippen molar-refractivity contribution in [3.05, 3.63) is 34.6 Å². The molecule has 18 heteroatoms.